The van der Waals surface area contributed by atoms with Gasteiger partial charge in [-0.3, -0.25) is 4.98 Å². The van der Waals surface area contributed by atoms with E-state index >= 15 is 0 Å². The van der Waals surface area contributed by atoms with Gasteiger partial charge in [-0.05, 0) is 72.9 Å². The van der Waals surface area contributed by atoms with E-state index in [2.05, 4.69) is 53.4 Å². The number of hydrogen-bond donors (Lipinski definition) is 1. The topological polar surface area (TPSA) is 73.1 Å². The summed E-state index contributed by atoms with van der Waals surface area (Å²) in [7, 11) is 1.66. The molecular weight excluding hydrogens is 412 g/mol. The zero-order valence-corrected chi connectivity index (χ0v) is 20.0. The molecule has 0 saturated carbocycles. The molecule has 2 heterocycles. The third-order valence-electron chi connectivity index (χ3n) is 6.74. The second-order valence-electron chi connectivity index (χ2n) is 9.34. The van der Waals surface area contributed by atoms with Gasteiger partial charge in [-0.15, -0.1) is 10.2 Å². The second kappa shape index (κ2) is 10.8. The van der Waals surface area contributed by atoms with Gasteiger partial charge in [-0.25, -0.2) is 0 Å². The highest BCUT2D eigenvalue weighted by atomic mass is 16.5. The van der Waals surface area contributed by atoms with Crippen molar-refractivity contribution in [1.29, 1.82) is 0 Å². The Morgan fingerprint density at radius 2 is 1.97 bits per heavy atom. The summed E-state index contributed by atoms with van der Waals surface area (Å²) in [5.74, 6) is 4.25. The van der Waals surface area contributed by atoms with Gasteiger partial charge < -0.3 is 14.5 Å². The first-order valence-corrected chi connectivity index (χ1v) is 11.8. The van der Waals surface area contributed by atoms with Crippen molar-refractivity contribution < 1.29 is 9.15 Å². The highest BCUT2D eigenvalue weighted by Gasteiger charge is 2.32. The number of nitrogens with one attached hydrogen (secondary N) is 1. The van der Waals surface area contributed by atoms with Crippen molar-refractivity contribution in [2.24, 2.45) is 23.7 Å². The molecule has 0 aliphatic heterocycles. The monoisotopic (exact) mass is 446 g/mol. The van der Waals surface area contributed by atoms with Crippen LogP contribution in [0.25, 0.3) is 11.5 Å². The van der Waals surface area contributed by atoms with E-state index in [4.69, 9.17) is 9.15 Å². The molecule has 1 aliphatic rings. The van der Waals surface area contributed by atoms with Crippen LogP contribution in [0.4, 0.5) is 0 Å². The summed E-state index contributed by atoms with van der Waals surface area (Å²) in [5, 5.41) is 12.3. The number of nitrogens with zero attached hydrogens (tertiary/aromatic N) is 3. The fourth-order valence-corrected chi connectivity index (χ4v) is 4.79. The van der Waals surface area contributed by atoms with Crippen molar-refractivity contribution in [2.75, 3.05) is 13.7 Å². The van der Waals surface area contributed by atoms with Crippen LogP contribution in [0.3, 0.4) is 0 Å². The van der Waals surface area contributed by atoms with E-state index in [0.717, 1.165) is 37.2 Å². The van der Waals surface area contributed by atoms with Crippen molar-refractivity contribution in [1.82, 2.24) is 20.5 Å². The van der Waals surface area contributed by atoms with Gasteiger partial charge in [0.05, 0.1) is 7.11 Å². The predicted octanol–water partition coefficient (Wildman–Crippen LogP) is 5.33. The average Bonchev–Trinajstić information content (AvgIpc) is 3.30. The molecular formula is C27H34N4O2. The van der Waals surface area contributed by atoms with Crippen molar-refractivity contribution in [3.05, 3.63) is 71.9 Å². The van der Waals surface area contributed by atoms with Gasteiger partial charge in [0, 0.05) is 37.5 Å². The molecule has 4 rings (SSSR count). The number of allylic oxidation sites excluding steroid dienone is 1. The number of aromatic nitrogens is 3. The first-order chi connectivity index (χ1) is 16.0. The molecule has 0 amide bonds. The number of benzene rings is 1. The third-order valence-corrected chi connectivity index (χ3v) is 6.74. The molecule has 174 valence electrons. The summed E-state index contributed by atoms with van der Waals surface area (Å²) < 4.78 is 11.2. The molecule has 2 aromatic heterocycles. The minimum atomic E-state index is 0.427. The Morgan fingerprint density at radius 1 is 1.15 bits per heavy atom. The van der Waals surface area contributed by atoms with E-state index in [0.29, 0.717) is 35.5 Å². The lowest BCUT2D eigenvalue weighted by Gasteiger charge is -2.37. The Balaban J connectivity index is 1.40. The van der Waals surface area contributed by atoms with Gasteiger partial charge in [0.1, 0.15) is 5.75 Å². The van der Waals surface area contributed by atoms with Crippen LogP contribution in [0.1, 0.15) is 38.6 Å². The van der Waals surface area contributed by atoms with E-state index in [1.165, 1.54) is 11.1 Å². The number of rotatable bonds is 9. The van der Waals surface area contributed by atoms with Gasteiger partial charge >= 0.3 is 0 Å². The van der Waals surface area contributed by atoms with Crippen molar-refractivity contribution >= 4 is 0 Å². The van der Waals surface area contributed by atoms with Crippen LogP contribution >= 0.6 is 0 Å². The number of hydrogen-bond acceptors (Lipinski definition) is 6. The number of pyridine rings is 1. The second-order valence-corrected chi connectivity index (χ2v) is 9.34. The highest BCUT2D eigenvalue weighted by molar-refractivity contribution is 5.53. The summed E-state index contributed by atoms with van der Waals surface area (Å²) >= 11 is 0. The van der Waals surface area contributed by atoms with Crippen LogP contribution in [-0.2, 0) is 13.0 Å². The third kappa shape index (κ3) is 5.88. The van der Waals surface area contributed by atoms with Gasteiger partial charge in [-0.1, -0.05) is 31.6 Å². The number of methoxy groups -OCH3 is 1. The van der Waals surface area contributed by atoms with Crippen molar-refractivity contribution in [3.63, 3.8) is 0 Å². The molecule has 0 fully saturated rings. The van der Waals surface area contributed by atoms with Crippen LogP contribution in [0.5, 0.6) is 5.75 Å². The summed E-state index contributed by atoms with van der Waals surface area (Å²) in [4.78, 5) is 4.21. The Bertz CT molecular complexity index is 1040. The molecule has 33 heavy (non-hydrogen) atoms. The lowest BCUT2D eigenvalue weighted by Crippen LogP contribution is -2.34. The molecule has 1 N–H and O–H groups in total. The fourth-order valence-electron chi connectivity index (χ4n) is 4.79. The molecule has 6 heteroatoms. The first kappa shape index (κ1) is 23.2. The minimum Gasteiger partial charge on any atom is -0.497 e. The van der Waals surface area contributed by atoms with Crippen molar-refractivity contribution in [3.8, 4) is 17.2 Å². The molecule has 3 aromatic rings. The lowest BCUT2D eigenvalue weighted by molar-refractivity contribution is 0.218. The molecule has 1 aromatic carbocycles. The number of ether oxygens (including phenoxy) is 1. The Kier molecular flexibility index (Phi) is 7.55. The van der Waals surface area contributed by atoms with Crippen LogP contribution in [0.2, 0.25) is 0 Å². The minimum absolute atomic E-state index is 0.427. The molecule has 0 bridgehead atoms. The van der Waals surface area contributed by atoms with E-state index in [1.54, 1.807) is 7.11 Å². The Labute approximate surface area is 196 Å². The van der Waals surface area contributed by atoms with Crippen LogP contribution < -0.4 is 10.1 Å². The largest absolute Gasteiger partial charge is 0.497 e. The van der Waals surface area contributed by atoms with Crippen LogP contribution in [0.15, 0.2) is 64.9 Å². The maximum absolute atomic E-state index is 6.02. The predicted molar refractivity (Wildman–Crippen MR) is 130 cm³/mol. The summed E-state index contributed by atoms with van der Waals surface area (Å²) in [5.41, 5.74) is 3.55. The molecule has 0 saturated heterocycles. The summed E-state index contributed by atoms with van der Waals surface area (Å²) in [6, 6.07) is 11.8. The molecule has 3 unspecified atom stereocenters. The van der Waals surface area contributed by atoms with E-state index in [1.807, 2.05) is 42.7 Å². The standard InChI is InChI=1S/C27H34N4O2/c1-18(2)25-13-22(19(3)12-23(25)17-29-16-20-6-5-11-28-15-20)14-26-30-31-27(33-26)21-7-9-24(32-4)10-8-21/h5-12,15,18,22-23,25,29H,13-14,16-17H2,1-4H3. The molecule has 3 atom stereocenters. The van der Waals surface area contributed by atoms with Crippen LogP contribution in [0, 0.1) is 23.7 Å². The average molecular weight is 447 g/mol. The van der Waals surface area contributed by atoms with Gasteiger partial charge in [0.2, 0.25) is 11.8 Å². The Hall–Kier alpha value is -2.99. The normalized spacial score (nSPS) is 20.6. The maximum atomic E-state index is 6.02. The van der Waals surface area contributed by atoms with Gasteiger partial charge in [-0.2, -0.15) is 0 Å². The highest BCUT2D eigenvalue weighted by Crippen LogP contribution is 2.39. The molecule has 6 nitrogen and oxygen atoms in total. The zero-order valence-electron chi connectivity index (χ0n) is 20.0. The SMILES string of the molecule is COc1ccc(-c2nnc(CC3CC(C(C)C)C(CNCc4cccnc4)C=C3C)o2)cc1. The van der Waals surface area contributed by atoms with Crippen LogP contribution in [-0.4, -0.2) is 28.8 Å². The van der Waals surface area contributed by atoms with E-state index in [-0.39, 0.29) is 0 Å². The zero-order chi connectivity index (χ0) is 23.2. The fraction of sp³-hybridized carbons (Fsp3) is 0.444. The van der Waals surface area contributed by atoms with Gasteiger partial charge in [0.15, 0.2) is 0 Å². The summed E-state index contributed by atoms with van der Waals surface area (Å²) in [6.45, 7) is 8.74. The molecule has 0 radical (unpaired) electrons. The van der Waals surface area contributed by atoms with Gasteiger partial charge in [0.25, 0.3) is 0 Å². The smallest absolute Gasteiger partial charge is 0.247 e. The van der Waals surface area contributed by atoms with E-state index < -0.39 is 0 Å². The Morgan fingerprint density at radius 3 is 2.67 bits per heavy atom. The lowest BCUT2D eigenvalue weighted by atomic mass is 9.70. The molecule has 1 aliphatic carbocycles. The maximum Gasteiger partial charge on any atom is 0.247 e. The van der Waals surface area contributed by atoms with E-state index in [9.17, 15) is 0 Å². The first-order valence-electron chi connectivity index (χ1n) is 11.8. The summed E-state index contributed by atoms with van der Waals surface area (Å²) in [6.07, 6.45) is 8.13. The molecule has 0 spiro atoms. The van der Waals surface area contributed by atoms with Crippen molar-refractivity contribution in [2.45, 2.75) is 40.2 Å². The quantitative estimate of drug-likeness (QED) is 0.448.